The summed E-state index contributed by atoms with van der Waals surface area (Å²) in [5.41, 5.74) is 5.85. The highest BCUT2D eigenvalue weighted by Crippen LogP contribution is 2.28. The van der Waals surface area contributed by atoms with Crippen LogP contribution in [-0.4, -0.2) is 42.6 Å². The van der Waals surface area contributed by atoms with Crippen LogP contribution in [0, 0.1) is 0 Å². The zero-order valence-corrected chi connectivity index (χ0v) is 12.3. The molecule has 0 radical (unpaired) electrons. The van der Waals surface area contributed by atoms with Crippen LogP contribution >= 0.6 is 0 Å². The van der Waals surface area contributed by atoms with Crippen LogP contribution in [0.5, 0.6) is 5.75 Å². The molecule has 1 aliphatic heterocycles. The number of benzene rings is 1. The molecule has 2 rings (SSSR count). The van der Waals surface area contributed by atoms with Crippen molar-refractivity contribution in [3.05, 3.63) is 24.3 Å². The number of amides is 1. The lowest BCUT2D eigenvalue weighted by molar-refractivity contribution is -0.122. The number of primary amides is 1. The lowest BCUT2D eigenvalue weighted by atomic mass is 9.97. The summed E-state index contributed by atoms with van der Waals surface area (Å²) in [4.78, 5) is 14.2. The molecule has 5 heteroatoms. The van der Waals surface area contributed by atoms with Gasteiger partial charge in [-0.2, -0.15) is 0 Å². The Balaban J connectivity index is 2.15. The molecule has 0 saturated carbocycles. The summed E-state index contributed by atoms with van der Waals surface area (Å²) in [6.45, 7) is 5.78. The number of hydrogen-bond donors (Lipinski definition) is 2. The summed E-state index contributed by atoms with van der Waals surface area (Å²) < 4.78 is 5.13. The molecule has 0 aromatic heterocycles. The van der Waals surface area contributed by atoms with Crippen molar-refractivity contribution in [2.24, 2.45) is 5.73 Å². The molecule has 1 aromatic rings. The lowest BCUT2D eigenvalue weighted by Gasteiger charge is -2.29. The smallest absolute Gasteiger partial charge is 0.244 e. The number of nitrogens with zero attached hydrogens (tertiary/aromatic N) is 1. The number of nitrogens with two attached hydrogens (primary N) is 1. The number of hydrogen-bond acceptors (Lipinski definition) is 4. The first-order valence-corrected chi connectivity index (χ1v) is 6.93. The van der Waals surface area contributed by atoms with Crippen molar-refractivity contribution in [3.63, 3.8) is 0 Å². The van der Waals surface area contributed by atoms with Crippen LogP contribution in [0.2, 0.25) is 0 Å². The normalized spacial score (nSPS) is 23.0. The standard InChI is InChI=1S/C15H23N3O2/c1-11(2)18-9-8-15(10-18,14(16)19)17-12-4-6-13(20-3)7-5-12/h4-7,11,17H,8-10H2,1-3H3,(H2,16,19). The van der Waals surface area contributed by atoms with Gasteiger partial charge in [0.15, 0.2) is 0 Å². The van der Waals surface area contributed by atoms with Gasteiger partial charge in [0.25, 0.3) is 0 Å². The maximum absolute atomic E-state index is 11.9. The quantitative estimate of drug-likeness (QED) is 0.854. The number of methoxy groups -OCH3 is 1. The number of likely N-dealkylation sites (tertiary alicyclic amines) is 1. The average molecular weight is 277 g/mol. The second kappa shape index (κ2) is 5.71. The molecule has 3 N–H and O–H groups in total. The van der Waals surface area contributed by atoms with Crippen molar-refractivity contribution in [3.8, 4) is 5.75 Å². The van der Waals surface area contributed by atoms with E-state index in [-0.39, 0.29) is 5.91 Å². The Hall–Kier alpha value is -1.75. The maximum Gasteiger partial charge on any atom is 0.244 e. The molecule has 1 saturated heterocycles. The maximum atomic E-state index is 11.9. The van der Waals surface area contributed by atoms with Crippen molar-refractivity contribution in [2.45, 2.75) is 31.8 Å². The minimum absolute atomic E-state index is 0.295. The first kappa shape index (κ1) is 14.7. The van der Waals surface area contributed by atoms with Crippen LogP contribution < -0.4 is 15.8 Å². The van der Waals surface area contributed by atoms with E-state index >= 15 is 0 Å². The minimum Gasteiger partial charge on any atom is -0.497 e. The molecule has 1 atom stereocenters. The van der Waals surface area contributed by atoms with Crippen LogP contribution in [0.4, 0.5) is 5.69 Å². The molecule has 1 heterocycles. The van der Waals surface area contributed by atoms with Gasteiger partial charge in [-0.3, -0.25) is 9.69 Å². The van der Waals surface area contributed by atoms with Crippen molar-refractivity contribution < 1.29 is 9.53 Å². The van der Waals surface area contributed by atoms with E-state index in [9.17, 15) is 4.79 Å². The predicted molar refractivity (Wildman–Crippen MR) is 79.9 cm³/mol. The van der Waals surface area contributed by atoms with Crippen LogP contribution in [0.1, 0.15) is 20.3 Å². The minimum atomic E-state index is -0.682. The first-order chi connectivity index (χ1) is 9.47. The number of rotatable bonds is 5. The Morgan fingerprint density at radius 1 is 1.40 bits per heavy atom. The van der Waals surface area contributed by atoms with Gasteiger partial charge in [-0.15, -0.1) is 0 Å². The summed E-state index contributed by atoms with van der Waals surface area (Å²) >= 11 is 0. The summed E-state index contributed by atoms with van der Waals surface area (Å²) in [5, 5.41) is 3.32. The van der Waals surface area contributed by atoms with E-state index < -0.39 is 5.54 Å². The highest BCUT2D eigenvalue weighted by molar-refractivity contribution is 5.88. The molecule has 1 aromatic carbocycles. The average Bonchev–Trinajstić information content (AvgIpc) is 2.85. The molecular formula is C15H23N3O2. The van der Waals surface area contributed by atoms with Crippen LogP contribution in [0.15, 0.2) is 24.3 Å². The topological polar surface area (TPSA) is 67.6 Å². The van der Waals surface area contributed by atoms with Crippen molar-refractivity contribution in [2.75, 3.05) is 25.5 Å². The molecule has 0 aliphatic carbocycles. The van der Waals surface area contributed by atoms with Gasteiger partial charge in [-0.1, -0.05) is 0 Å². The van der Waals surface area contributed by atoms with Gasteiger partial charge in [0.1, 0.15) is 11.3 Å². The Morgan fingerprint density at radius 2 is 2.05 bits per heavy atom. The Labute approximate surface area is 120 Å². The number of carbonyl (C=O) groups excluding carboxylic acids is 1. The third kappa shape index (κ3) is 2.88. The Kier molecular flexibility index (Phi) is 4.18. The zero-order valence-electron chi connectivity index (χ0n) is 12.3. The molecule has 5 nitrogen and oxygen atoms in total. The third-order valence-corrected chi connectivity index (χ3v) is 3.97. The van der Waals surface area contributed by atoms with E-state index in [1.54, 1.807) is 7.11 Å². The molecule has 1 amide bonds. The van der Waals surface area contributed by atoms with Crippen molar-refractivity contribution >= 4 is 11.6 Å². The van der Waals surface area contributed by atoms with E-state index in [0.29, 0.717) is 12.6 Å². The van der Waals surface area contributed by atoms with Crippen molar-refractivity contribution in [1.29, 1.82) is 0 Å². The van der Waals surface area contributed by atoms with Crippen LogP contribution in [0.25, 0.3) is 0 Å². The third-order valence-electron chi connectivity index (χ3n) is 3.97. The van der Waals surface area contributed by atoms with E-state index in [4.69, 9.17) is 10.5 Å². The molecule has 0 bridgehead atoms. The molecule has 20 heavy (non-hydrogen) atoms. The van der Waals surface area contributed by atoms with Gasteiger partial charge in [0.2, 0.25) is 5.91 Å². The monoisotopic (exact) mass is 277 g/mol. The fraction of sp³-hybridized carbons (Fsp3) is 0.533. The van der Waals surface area contributed by atoms with Gasteiger partial charge in [-0.25, -0.2) is 0 Å². The van der Waals surface area contributed by atoms with Gasteiger partial charge >= 0.3 is 0 Å². The largest absolute Gasteiger partial charge is 0.497 e. The van der Waals surface area contributed by atoms with E-state index in [0.717, 1.165) is 24.4 Å². The Morgan fingerprint density at radius 3 is 2.50 bits per heavy atom. The highest BCUT2D eigenvalue weighted by atomic mass is 16.5. The zero-order chi connectivity index (χ0) is 14.8. The fourth-order valence-corrected chi connectivity index (χ4v) is 2.60. The summed E-state index contributed by atoms with van der Waals surface area (Å²) in [7, 11) is 1.63. The summed E-state index contributed by atoms with van der Waals surface area (Å²) in [6, 6.07) is 7.95. The second-order valence-electron chi connectivity index (χ2n) is 5.61. The van der Waals surface area contributed by atoms with E-state index in [1.165, 1.54) is 0 Å². The molecule has 1 unspecified atom stereocenters. The number of nitrogens with one attached hydrogen (secondary N) is 1. The predicted octanol–water partition coefficient (Wildman–Crippen LogP) is 1.45. The summed E-state index contributed by atoms with van der Waals surface area (Å²) in [5.74, 6) is 0.496. The number of carbonyl (C=O) groups is 1. The highest BCUT2D eigenvalue weighted by Gasteiger charge is 2.43. The van der Waals surface area contributed by atoms with Gasteiger partial charge < -0.3 is 15.8 Å². The van der Waals surface area contributed by atoms with E-state index in [1.807, 2.05) is 24.3 Å². The molecule has 1 fully saturated rings. The first-order valence-electron chi connectivity index (χ1n) is 6.93. The van der Waals surface area contributed by atoms with Crippen molar-refractivity contribution in [1.82, 2.24) is 4.90 Å². The van der Waals surface area contributed by atoms with Crippen LogP contribution in [-0.2, 0) is 4.79 Å². The van der Waals surface area contributed by atoms with Gasteiger partial charge in [-0.05, 0) is 44.5 Å². The van der Waals surface area contributed by atoms with Gasteiger partial charge in [0.05, 0.1) is 7.11 Å². The van der Waals surface area contributed by atoms with Gasteiger partial charge in [0, 0.05) is 24.8 Å². The number of ether oxygens (including phenoxy) is 1. The summed E-state index contributed by atoms with van der Waals surface area (Å²) in [6.07, 6.45) is 0.729. The van der Waals surface area contributed by atoms with Crippen LogP contribution in [0.3, 0.4) is 0 Å². The molecule has 0 spiro atoms. The molecular weight excluding hydrogens is 254 g/mol. The lowest BCUT2D eigenvalue weighted by Crippen LogP contribution is -2.53. The van der Waals surface area contributed by atoms with E-state index in [2.05, 4.69) is 24.1 Å². The Bertz CT molecular complexity index is 473. The SMILES string of the molecule is COc1ccc(NC2(C(N)=O)CCN(C(C)C)C2)cc1. The second-order valence-corrected chi connectivity index (χ2v) is 5.61. The number of anilines is 1. The molecule has 1 aliphatic rings. The fourth-order valence-electron chi connectivity index (χ4n) is 2.60. The molecule has 110 valence electrons.